The standard InChI is InChI=1S/C23H19N3/c1-3-9-19(10-4-1)23(20-11-7-15-24-17-20)26(21-12-5-2-6-13-21)22-14-8-16-25-18-22/h1-18,23H. The van der Waals surface area contributed by atoms with Crippen LogP contribution in [-0.2, 0) is 0 Å². The van der Waals surface area contributed by atoms with Crippen molar-refractivity contribution in [2.75, 3.05) is 4.90 Å². The highest BCUT2D eigenvalue weighted by molar-refractivity contribution is 5.66. The van der Waals surface area contributed by atoms with Crippen molar-refractivity contribution in [2.45, 2.75) is 6.04 Å². The second-order valence-corrected chi connectivity index (χ2v) is 6.02. The molecule has 0 saturated carbocycles. The lowest BCUT2D eigenvalue weighted by Crippen LogP contribution is -2.25. The molecule has 3 nitrogen and oxygen atoms in total. The van der Waals surface area contributed by atoms with Crippen LogP contribution in [0.2, 0.25) is 0 Å². The molecule has 0 N–H and O–H groups in total. The van der Waals surface area contributed by atoms with Gasteiger partial charge >= 0.3 is 0 Å². The normalized spacial score (nSPS) is 11.7. The van der Waals surface area contributed by atoms with Crippen LogP contribution in [-0.4, -0.2) is 9.97 Å². The number of benzene rings is 2. The van der Waals surface area contributed by atoms with Crippen LogP contribution < -0.4 is 4.90 Å². The zero-order valence-corrected chi connectivity index (χ0v) is 14.3. The molecule has 0 aliphatic heterocycles. The first-order valence-electron chi connectivity index (χ1n) is 8.62. The van der Waals surface area contributed by atoms with E-state index in [-0.39, 0.29) is 6.04 Å². The van der Waals surface area contributed by atoms with E-state index in [4.69, 9.17) is 0 Å². The molecule has 3 heteroatoms. The highest BCUT2D eigenvalue weighted by Crippen LogP contribution is 2.38. The Labute approximate surface area is 153 Å². The maximum absolute atomic E-state index is 4.36. The van der Waals surface area contributed by atoms with E-state index in [1.807, 2.05) is 42.9 Å². The monoisotopic (exact) mass is 337 g/mol. The van der Waals surface area contributed by atoms with Gasteiger partial charge in [-0.3, -0.25) is 9.97 Å². The van der Waals surface area contributed by atoms with E-state index in [2.05, 4.69) is 75.5 Å². The average Bonchev–Trinajstić information content (AvgIpc) is 2.74. The van der Waals surface area contributed by atoms with Crippen molar-refractivity contribution < 1.29 is 0 Å². The van der Waals surface area contributed by atoms with Gasteiger partial charge in [0.1, 0.15) is 0 Å². The molecule has 1 atom stereocenters. The first-order chi connectivity index (χ1) is 12.9. The van der Waals surface area contributed by atoms with Gasteiger partial charge in [0.25, 0.3) is 0 Å². The van der Waals surface area contributed by atoms with Crippen molar-refractivity contribution in [3.05, 3.63) is 121 Å². The molecule has 126 valence electrons. The lowest BCUT2D eigenvalue weighted by Gasteiger charge is -2.34. The fourth-order valence-corrected chi connectivity index (χ4v) is 3.20. The minimum atomic E-state index is -0.00324. The molecule has 0 amide bonds. The number of pyridine rings is 2. The maximum Gasteiger partial charge on any atom is 0.0860 e. The molecule has 4 aromatic rings. The molecule has 0 saturated heterocycles. The summed E-state index contributed by atoms with van der Waals surface area (Å²) in [6.07, 6.45) is 7.44. The first kappa shape index (κ1) is 16.0. The lowest BCUT2D eigenvalue weighted by atomic mass is 9.97. The van der Waals surface area contributed by atoms with Crippen molar-refractivity contribution >= 4 is 11.4 Å². The minimum absolute atomic E-state index is 0.00324. The molecule has 2 aromatic carbocycles. The van der Waals surface area contributed by atoms with Crippen molar-refractivity contribution in [3.8, 4) is 0 Å². The first-order valence-corrected chi connectivity index (χ1v) is 8.62. The highest BCUT2D eigenvalue weighted by atomic mass is 15.2. The summed E-state index contributed by atoms with van der Waals surface area (Å²) in [5, 5.41) is 0. The van der Waals surface area contributed by atoms with Gasteiger partial charge in [0.05, 0.1) is 17.9 Å². The number of nitrogens with zero attached hydrogens (tertiary/aromatic N) is 3. The van der Waals surface area contributed by atoms with Gasteiger partial charge in [-0.2, -0.15) is 0 Å². The fraction of sp³-hybridized carbons (Fsp3) is 0.0435. The van der Waals surface area contributed by atoms with Crippen molar-refractivity contribution in [2.24, 2.45) is 0 Å². The van der Waals surface area contributed by atoms with Gasteiger partial charge in [0.2, 0.25) is 0 Å². The van der Waals surface area contributed by atoms with Gasteiger partial charge in [-0.05, 0) is 41.5 Å². The summed E-state index contributed by atoms with van der Waals surface area (Å²) < 4.78 is 0. The SMILES string of the molecule is c1ccc(C(c2cccnc2)N(c2ccccc2)c2cccnc2)cc1. The number of para-hydroxylation sites is 1. The topological polar surface area (TPSA) is 29.0 Å². The van der Waals surface area contributed by atoms with Gasteiger partial charge in [-0.25, -0.2) is 0 Å². The predicted octanol–water partition coefficient (Wildman–Crippen LogP) is 5.40. The van der Waals surface area contributed by atoms with E-state index >= 15 is 0 Å². The number of anilines is 2. The van der Waals surface area contributed by atoms with Crippen LogP contribution >= 0.6 is 0 Å². The van der Waals surface area contributed by atoms with E-state index in [1.54, 1.807) is 6.20 Å². The van der Waals surface area contributed by atoms with Crippen molar-refractivity contribution in [3.63, 3.8) is 0 Å². The molecule has 1 unspecified atom stereocenters. The molecule has 2 heterocycles. The van der Waals surface area contributed by atoms with Crippen molar-refractivity contribution in [1.29, 1.82) is 0 Å². The smallest absolute Gasteiger partial charge is 0.0860 e. The quantitative estimate of drug-likeness (QED) is 0.488. The molecule has 0 aliphatic carbocycles. The van der Waals surface area contributed by atoms with Gasteiger partial charge in [-0.15, -0.1) is 0 Å². The molecule has 0 fully saturated rings. The van der Waals surface area contributed by atoms with E-state index < -0.39 is 0 Å². The number of hydrogen-bond donors (Lipinski definition) is 0. The maximum atomic E-state index is 4.36. The largest absolute Gasteiger partial charge is 0.328 e. The highest BCUT2D eigenvalue weighted by Gasteiger charge is 2.24. The molecule has 2 aromatic heterocycles. The van der Waals surface area contributed by atoms with Gasteiger partial charge < -0.3 is 4.90 Å². The Morgan fingerprint density at radius 3 is 1.73 bits per heavy atom. The molecule has 0 bridgehead atoms. The van der Waals surface area contributed by atoms with Crippen LogP contribution in [0, 0.1) is 0 Å². The van der Waals surface area contributed by atoms with Crippen LogP contribution in [0.25, 0.3) is 0 Å². The molecule has 4 rings (SSSR count). The summed E-state index contributed by atoms with van der Waals surface area (Å²) in [5.74, 6) is 0. The average molecular weight is 337 g/mol. The molecule has 0 aliphatic rings. The van der Waals surface area contributed by atoms with Crippen LogP contribution in [0.3, 0.4) is 0 Å². The van der Waals surface area contributed by atoms with E-state index in [0.29, 0.717) is 0 Å². The van der Waals surface area contributed by atoms with Gasteiger partial charge in [0, 0.05) is 24.3 Å². The van der Waals surface area contributed by atoms with E-state index in [0.717, 1.165) is 16.9 Å². The fourth-order valence-electron chi connectivity index (χ4n) is 3.20. The predicted molar refractivity (Wildman–Crippen MR) is 105 cm³/mol. The van der Waals surface area contributed by atoms with Crippen LogP contribution in [0.4, 0.5) is 11.4 Å². The van der Waals surface area contributed by atoms with Crippen LogP contribution in [0.15, 0.2) is 110 Å². The molecular formula is C23H19N3. The number of hydrogen-bond acceptors (Lipinski definition) is 3. The number of aromatic nitrogens is 2. The van der Waals surface area contributed by atoms with Gasteiger partial charge in [-0.1, -0.05) is 54.6 Å². The van der Waals surface area contributed by atoms with Gasteiger partial charge in [0.15, 0.2) is 0 Å². The Bertz CT molecular complexity index is 766. The summed E-state index contributed by atoms with van der Waals surface area (Å²) in [6, 6.07) is 29.1. The second kappa shape index (κ2) is 7.62. The summed E-state index contributed by atoms with van der Waals surface area (Å²) in [4.78, 5) is 11.0. The zero-order chi connectivity index (χ0) is 17.6. The Kier molecular flexibility index (Phi) is 4.70. The van der Waals surface area contributed by atoms with E-state index in [1.165, 1.54) is 5.56 Å². The third kappa shape index (κ3) is 3.33. The summed E-state index contributed by atoms with van der Waals surface area (Å²) >= 11 is 0. The van der Waals surface area contributed by atoms with E-state index in [9.17, 15) is 0 Å². The third-order valence-corrected chi connectivity index (χ3v) is 4.33. The minimum Gasteiger partial charge on any atom is -0.328 e. The third-order valence-electron chi connectivity index (χ3n) is 4.33. The molecule has 26 heavy (non-hydrogen) atoms. The Balaban J connectivity index is 1.93. The Morgan fingerprint density at radius 1 is 0.538 bits per heavy atom. The number of rotatable bonds is 5. The molecule has 0 radical (unpaired) electrons. The summed E-state index contributed by atoms with van der Waals surface area (Å²) in [7, 11) is 0. The lowest BCUT2D eigenvalue weighted by molar-refractivity contribution is 0.812. The zero-order valence-electron chi connectivity index (χ0n) is 14.3. The summed E-state index contributed by atoms with van der Waals surface area (Å²) in [5.41, 5.74) is 4.48. The summed E-state index contributed by atoms with van der Waals surface area (Å²) in [6.45, 7) is 0. The van der Waals surface area contributed by atoms with Crippen LogP contribution in [0.1, 0.15) is 17.2 Å². The Morgan fingerprint density at radius 2 is 1.12 bits per heavy atom. The molecule has 0 spiro atoms. The van der Waals surface area contributed by atoms with Crippen LogP contribution in [0.5, 0.6) is 0 Å². The molecular weight excluding hydrogens is 318 g/mol. The second-order valence-electron chi connectivity index (χ2n) is 6.02. The Hall–Kier alpha value is -3.46. The van der Waals surface area contributed by atoms with Crippen molar-refractivity contribution in [1.82, 2.24) is 9.97 Å².